The molecule has 0 unspecified atom stereocenters. The maximum atomic E-state index is 4.49. The van der Waals surface area contributed by atoms with Gasteiger partial charge in [-0.1, -0.05) is 0 Å². The minimum atomic E-state index is 0. The molecule has 9 heavy (non-hydrogen) atoms. The molecule has 0 heterocycles. The molecule has 0 aromatic rings. The second-order valence-corrected chi connectivity index (χ2v) is 4.70. The monoisotopic (exact) mass is 216 g/mol. The third-order valence-electron chi connectivity index (χ3n) is 0. The van der Waals surface area contributed by atoms with Gasteiger partial charge in [0, 0.05) is 0 Å². The quantitative estimate of drug-likeness (QED) is 0.331. The second-order valence-electron chi connectivity index (χ2n) is 1.70. The molecule has 0 radical (unpaired) electrons. The summed E-state index contributed by atoms with van der Waals surface area (Å²) >= 11 is 0. The van der Waals surface area contributed by atoms with Crippen molar-refractivity contribution in [2.75, 3.05) is 0 Å². The summed E-state index contributed by atoms with van der Waals surface area (Å²) in [4.78, 5) is 0. The summed E-state index contributed by atoms with van der Waals surface area (Å²) in [6.45, 7) is 9.82. The molecular weight excluding hydrogens is 204 g/mol. The number of hydrogen-bond acceptors (Lipinski definition) is 0. The zero-order chi connectivity index (χ0) is 6.28. The number of rotatable bonds is 0. The Kier molecular flexibility index (Phi) is 57.9. The minimum absolute atomic E-state index is 0. The van der Waals surface area contributed by atoms with Crippen LogP contribution in [0.3, 0.4) is 0 Å². The Morgan fingerprint density at radius 3 is 1.33 bits per heavy atom. The smallest absolute Gasteiger partial charge is 0.345 e. The summed E-state index contributed by atoms with van der Waals surface area (Å²) in [7, 11) is 0.120. The standard InChI is InChI=1S/C3H9Si.C3H3.BrH.Mg/c1-4(2)3;1-3-2;;/h1-3H3;1H,2H2;1H;/q2*-1;;+2. The third kappa shape index (κ3) is 530. The Bertz CT molecular complexity index is 55.8. The van der Waals surface area contributed by atoms with Gasteiger partial charge >= 0.3 is 23.1 Å². The fraction of sp³-hybridized carbons (Fsp3) is 0.500. The van der Waals surface area contributed by atoms with Crippen molar-refractivity contribution in [2.24, 2.45) is 0 Å². The molecule has 0 rings (SSSR count). The van der Waals surface area contributed by atoms with Gasteiger partial charge in [0.05, 0.1) is 0 Å². The molecule has 0 fully saturated rings. The fourth-order valence-corrected chi connectivity index (χ4v) is 0. The van der Waals surface area contributed by atoms with E-state index in [0.29, 0.717) is 0 Å². The van der Waals surface area contributed by atoms with E-state index in [0.717, 1.165) is 0 Å². The van der Waals surface area contributed by atoms with E-state index in [4.69, 9.17) is 0 Å². The molecule has 0 aliphatic rings. The van der Waals surface area contributed by atoms with Crippen molar-refractivity contribution in [3.05, 3.63) is 6.92 Å². The molecule has 0 aliphatic carbocycles. The molecule has 0 aliphatic heterocycles. The Hall–Kier alpha value is 0.893. The van der Waals surface area contributed by atoms with Crippen molar-refractivity contribution in [3.8, 4) is 12.3 Å². The van der Waals surface area contributed by atoms with Gasteiger partial charge in [0.15, 0.2) is 0 Å². The van der Waals surface area contributed by atoms with Crippen molar-refractivity contribution in [2.45, 2.75) is 19.6 Å². The molecule has 0 nitrogen and oxygen atoms in total. The second kappa shape index (κ2) is 23.1. The Morgan fingerprint density at radius 1 is 1.33 bits per heavy atom. The fourth-order valence-electron chi connectivity index (χ4n) is 0. The summed E-state index contributed by atoms with van der Waals surface area (Å²) in [5.41, 5.74) is 0. The third-order valence-corrected chi connectivity index (χ3v) is 0. The molecule has 0 saturated carbocycles. The van der Waals surface area contributed by atoms with E-state index in [1.54, 1.807) is 0 Å². The topological polar surface area (TPSA) is 0 Å². The largest absolute Gasteiger partial charge is 2.00 e. The zero-order valence-electron chi connectivity index (χ0n) is 6.40. The maximum Gasteiger partial charge on any atom is 2.00 e. The van der Waals surface area contributed by atoms with Gasteiger partial charge in [-0.05, 0) is 0 Å². The molecule has 50 valence electrons. The number of hydrogen-bond donors (Lipinski definition) is 0. The van der Waals surface area contributed by atoms with Crippen LogP contribution in [0.5, 0.6) is 0 Å². The first kappa shape index (κ1) is 22.5. The molecule has 0 atom stereocenters. The normalized spacial score (nSPS) is 4.78. The van der Waals surface area contributed by atoms with E-state index in [9.17, 15) is 0 Å². The summed E-state index contributed by atoms with van der Waals surface area (Å²) in [6.07, 6.45) is 4.49. The van der Waals surface area contributed by atoms with E-state index in [1.807, 2.05) is 5.92 Å². The van der Waals surface area contributed by atoms with Crippen LogP contribution in [0.25, 0.3) is 0 Å². The average molecular weight is 217 g/mol. The molecule has 0 N–H and O–H groups in total. The number of terminal acetylenes is 1. The van der Waals surface area contributed by atoms with Gasteiger partial charge in [0.25, 0.3) is 0 Å². The molecule has 0 spiro atoms. The zero-order valence-corrected chi connectivity index (χ0v) is 10.5. The van der Waals surface area contributed by atoms with Gasteiger partial charge in [-0.3, -0.25) is 8.80 Å². The minimum Gasteiger partial charge on any atom is -0.345 e. The van der Waals surface area contributed by atoms with E-state index in [-0.39, 0.29) is 48.8 Å². The van der Waals surface area contributed by atoms with Crippen LogP contribution in [-0.4, -0.2) is 31.8 Å². The van der Waals surface area contributed by atoms with Gasteiger partial charge in [-0.25, -0.2) is 0 Å². The van der Waals surface area contributed by atoms with Crippen LogP contribution in [-0.2, 0) is 0 Å². The Balaban J connectivity index is -0.0000000233. The molecule has 0 aromatic heterocycles. The predicted octanol–water partition coefficient (Wildman–Crippen LogP) is 2.02. The van der Waals surface area contributed by atoms with Crippen LogP contribution in [0, 0.1) is 19.3 Å². The molecular formula is C6H13BrMgSi. The van der Waals surface area contributed by atoms with Gasteiger partial charge in [-0.2, -0.15) is 26.6 Å². The van der Waals surface area contributed by atoms with Crippen LogP contribution >= 0.6 is 17.0 Å². The van der Waals surface area contributed by atoms with E-state index >= 15 is 0 Å². The summed E-state index contributed by atoms with van der Waals surface area (Å²) < 4.78 is 0. The Labute approximate surface area is 87.3 Å². The van der Waals surface area contributed by atoms with Gasteiger partial charge < -0.3 is 12.3 Å². The first-order valence-electron chi connectivity index (χ1n) is 2.14. The molecule has 0 amide bonds. The van der Waals surface area contributed by atoms with Crippen molar-refractivity contribution in [1.82, 2.24) is 0 Å². The van der Waals surface area contributed by atoms with Gasteiger partial charge in [0.1, 0.15) is 0 Å². The Morgan fingerprint density at radius 2 is 1.33 bits per heavy atom. The summed E-state index contributed by atoms with van der Waals surface area (Å²) in [5, 5.41) is 0. The van der Waals surface area contributed by atoms with Crippen LogP contribution in [0.4, 0.5) is 0 Å². The van der Waals surface area contributed by atoms with E-state index in [1.165, 1.54) is 0 Å². The summed E-state index contributed by atoms with van der Waals surface area (Å²) in [5.74, 6) is 2.00. The predicted molar refractivity (Wildman–Crippen MR) is 53.6 cm³/mol. The molecule has 0 saturated heterocycles. The maximum absolute atomic E-state index is 4.49. The first-order valence-corrected chi connectivity index (χ1v) is 5.14. The van der Waals surface area contributed by atoms with Crippen molar-refractivity contribution in [1.29, 1.82) is 0 Å². The van der Waals surface area contributed by atoms with Crippen LogP contribution < -0.4 is 0 Å². The first-order chi connectivity index (χ1) is 3.15. The molecule has 0 aromatic carbocycles. The molecule has 0 bridgehead atoms. The number of halogens is 1. The van der Waals surface area contributed by atoms with Crippen molar-refractivity contribution < 1.29 is 0 Å². The van der Waals surface area contributed by atoms with E-state index in [2.05, 4.69) is 33.0 Å². The van der Waals surface area contributed by atoms with Crippen LogP contribution in [0.1, 0.15) is 0 Å². The van der Waals surface area contributed by atoms with Gasteiger partial charge in [-0.15, -0.1) is 17.0 Å². The summed E-state index contributed by atoms with van der Waals surface area (Å²) in [6, 6.07) is 0. The van der Waals surface area contributed by atoms with Crippen LogP contribution in [0.15, 0.2) is 0 Å². The van der Waals surface area contributed by atoms with Crippen LogP contribution in [0.2, 0.25) is 19.6 Å². The van der Waals surface area contributed by atoms with Gasteiger partial charge in [0.2, 0.25) is 0 Å². The van der Waals surface area contributed by atoms with Crippen molar-refractivity contribution >= 4 is 48.8 Å². The van der Waals surface area contributed by atoms with Crippen molar-refractivity contribution in [3.63, 3.8) is 0 Å². The average Bonchev–Trinajstić information content (AvgIpc) is 1.33. The van der Waals surface area contributed by atoms with E-state index < -0.39 is 0 Å². The molecule has 3 heteroatoms. The SMILES string of the molecule is Br.C#C[CH2-].C[Si-](C)C.[Mg+2].